The second-order valence-electron chi connectivity index (χ2n) is 3.79. The van der Waals surface area contributed by atoms with Crippen LogP contribution in [0.2, 0.25) is 0 Å². The zero-order valence-corrected chi connectivity index (χ0v) is 9.48. The number of hydrogen-bond donors (Lipinski definition) is 3. The van der Waals surface area contributed by atoms with Crippen LogP contribution in [0.4, 0.5) is 26.2 Å². The smallest absolute Gasteiger partial charge is 0.224 e. The van der Waals surface area contributed by atoms with Crippen molar-refractivity contribution in [3.63, 3.8) is 0 Å². The molecule has 0 saturated carbocycles. The number of nitrogen functional groups attached to an aromatic ring is 1. The van der Waals surface area contributed by atoms with Crippen molar-refractivity contribution in [3.8, 4) is 0 Å². The predicted molar refractivity (Wildman–Crippen MR) is 65.7 cm³/mol. The zero-order valence-electron chi connectivity index (χ0n) is 9.48. The number of hydrogen-bond acceptors (Lipinski definition) is 5. The van der Waals surface area contributed by atoms with Gasteiger partial charge in [0.25, 0.3) is 0 Å². The van der Waals surface area contributed by atoms with Crippen LogP contribution in [0, 0.1) is 11.6 Å². The van der Waals surface area contributed by atoms with Gasteiger partial charge in [-0.15, -0.1) is 0 Å². The topological polar surface area (TPSA) is 92.5 Å². The number of aromatic amines is 1. The van der Waals surface area contributed by atoms with Gasteiger partial charge in [-0.25, -0.2) is 8.78 Å². The van der Waals surface area contributed by atoms with Crippen LogP contribution in [0.3, 0.4) is 0 Å². The lowest BCUT2D eigenvalue weighted by Gasteiger charge is -2.08. The summed E-state index contributed by atoms with van der Waals surface area (Å²) in [4.78, 5) is 7.86. The first kappa shape index (κ1) is 11.3. The van der Waals surface area contributed by atoms with Gasteiger partial charge in [0, 0.05) is 0 Å². The fraction of sp³-hybridized carbons (Fsp3) is 0. The zero-order chi connectivity index (χ0) is 13.4. The molecular formula is C11H8F2N6. The Morgan fingerprint density at radius 1 is 1.21 bits per heavy atom. The highest BCUT2D eigenvalue weighted by molar-refractivity contribution is 5.88. The lowest BCUT2D eigenvalue weighted by molar-refractivity contribution is 0.512. The van der Waals surface area contributed by atoms with Gasteiger partial charge in [0.05, 0.1) is 17.3 Å². The molecule has 1 aromatic carbocycles. The van der Waals surface area contributed by atoms with Gasteiger partial charge >= 0.3 is 0 Å². The number of anilines is 3. The van der Waals surface area contributed by atoms with Crippen molar-refractivity contribution in [1.82, 2.24) is 20.2 Å². The van der Waals surface area contributed by atoms with E-state index in [9.17, 15) is 8.78 Å². The van der Waals surface area contributed by atoms with Crippen LogP contribution in [0.15, 0.2) is 24.4 Å². The summed E-state index contributed by atoms with van der Waals surface area (Å²) >= 11 is 0. The molecule has 0 aliphatic rings. The molecule has 3 rings (SSSR count). The van der Waals surface area contributed by atoms with Crippen molar-refractivity contribution in [2.24, 2.45) is 0 Å². The Labute approximate surface area is 105 Å². The molecule has 0 bridgehead atoms. The Morgan fingerprint density at radius 2 is 2.05 bits per heavy atom. The maximum absolute atomic E-state index is 13.6. The minimum atomic E-state index is -0.990. The molecule has 0 spiro atoms. The lowest BCUT2D eigenvalue weighted by Crippen LogP contribution is -2.02. The van der Waals surface area contributed by atoms with Gasteiger partial charge in [-0.05, 0) is 12.1 Å². The molecule has 0 atom stereocenters. The van der Waals surface area contributed by atoms with Gasteiger partial charge in [0.2, 0.25) is 5.95 Å². The first-order chi connectivity index (χ1) is 9.15. The summed E-state index contributed by atoms with van der Waals surface area (Å²) in [5.74, 6) is -1.69. The van der Waals surface area contributed by atoms with Gasteiger partial charge < -0.3 is 11.1 Å². The van der Waals surface area contributed by atoms with Gasteiger partial charge in [-0.1, -0.05) is 6.07 Å². The fourth-order valence-corrected chi connectivity index (χ4v) is 1.68. The van der Waals surface area contributed by atoms with E-state index in [0.717, 1.165) is 6.07 Å². The average molecular weight is 262 g/mol. The Kier molecular flexibility index (Phi) is 2.48. The normalized spacial score (nSPS) is 10.8. The highest BCUT2D eigenvalue weighted by atomic mass is 19.2. The Hall–Kier alpha value is -2.77. The molecule has 2 aromatic heterocycles. The molecule has 0 fully saturated rings. The van der Waals surface area contributed by atoms with Crippen molar-refractivity contribution < 1.29 is 8.78 Å². The number of aromatic nitrogens is 4. The van der Waals surface area contributed by atoms with Crippen molar-refractivity contribution in [2.45, 2.75) is 0 Å². The second-order valence-corrected chi connectivity index (χ2v) is 3.79. The van der Waals surface area contributed by atoms with Gasteiger partial charge in [-0.3, -0.25) is 5.10 Å². The van der Waals surface area contributed by atoms with Crippen molar-refractivity contribution in [3.05, 3.63) is 36.0 Å². The van der Waals surface area contributed by atoms with Crippen LogP contribution in [0.5, 0.6) is 0 Å². The maximum Gasteiger partial charge on any atom is 0.224 e. The number of benzene rings is 1. The molecule has 0 aliphatic carbocycles. The summed E-state index contributed by atoms with van der Waals surface area (Å²) in [6.45, 7) is 0. The monoisotopic (exact) mass is 262 g/mol. The molecule has 0 amide bonds. The molecule has 4 N–H and O–H groups in total. The molecule has 3 aromatic rings. The summed E-state index contributed by atoms with van der Waals surface area (Å²) in [6.07, 6.45) is 1.47. The van der Waals surface area contributed by atoms with Crippen LogP contribution in [-0.2, 0) is 0 Å². The third-order valence-electron chi connectivity index (χ3n) is 2.53. The summed E-state index contributed by atoms with van der Waals surface area (Å²) < 4.78 is 26.7. The largest absolute Gasteiger partial charge is 0.368 e. The molecule has 0 radical (unpaired) electrons. The van der Waals surface area contributed by atoms with Crippen molar-refractivity contribution >= 4 is 28.5 Å². The average Bonchev–Trinajstić information content (AvgIpc) is 2.83. The van der Waals surface area contributed by atoms with Crippen LogP contribution in [0.25, 0.3) is 11.0 Å². The molecular weight excluding hydrogens is 254 g/mol. The Balaban J connectivity index is 2.10. The lowest BCUT2D eigenvalue weighted by atomic mass is 10.3. The molecule has 0 unspecified atom stereocenters. The van der Waals surface area contributed by atoms with Crippen LogP contribution < -0.4 is 11.1 Å². The van der Waals surface area contributed by atoms with Crippen LogP contribution >= 0.6 is 0 Å². The third-order valence-corrected chi connectivity index (χ3v) is 2.53. The number of nitrogens with one attached hydrogen (secondary N) is 2. The number of rotatable bonds is 2. The van der Waals surface area contributed by atoms with Crippen molar-refractivity contribution in [1.29, 1.82) is 0 Å². The molecule has 6 nitrogen and oxygen atoms in total. The first-order valence-electron chi connectivity index (χ1n) is 5.33. The maximum atomic E-state index is 13.6. The van der Waals surface area contributed by atoms with E-state index >= 15 is 0 Å². The minimum Gasteiger partial charge on any atom is -0.368 e. The Bertz CT molecular complexity index is 754. The number of fused-ring (bicyclic) bond motifs is 1. The number of halogens is 2. The van der Waals surface area contributed by atoms with Gasteiger partial charge in [0.1, 0.15) is 5.82 Å². The van der Waals surface area contributed by atoms with E-state index in [1.165, 1.54) is 18.3 Å². The molecule has 8 heteroatoms. The van der Waals surface area contributed by atoms with E-state index < -0.39 is 11.6 Å². The van der Waals surface area contributed by atoms with E-state index in [4.69, 9.17) is 5.73 Å². The highest BCUT2D eigenvalue weighted by Gasteiger charge is 2.12. The summed E-state index contributed by atoms with van der Waals surface area (Å²) in [6, 6.07) is 3.81. The molecule has 0 saturated heterocycles. The molecule has 2 heterocycles. The van der Waals surface area contributed by atoms with E-state index in [0.29, 0.717) is 11.0 Å². The SMILES string of the molecule is Nc1nc(Nc2cccc(F)c2F)c2cn[nH]c2n1. The van der Waals surface area contributed by atoms with Crippen molar-refractivity contribution in [2.75, 3.05) is 11.1 Å². The van der Waals surface area contributed by atoms with Gasteiger partial charge in [-0.2, -0.15) is 15.1 Å². The summed E-state index contributed by atoms with van der Waals surface area (Å²) in [5, 5.41) is 9.62. The summed E-state index contributed by atoms with van der Waals surface area (Å²) in [5.41, 5.74) is 5.90. The first-order valence-corrected chi connectivity index (χ1v) is 5.33. The summed E-state index contributed by atoms with van der Waals surface area (Å²) in [7, 11) is 0. The highest BCUT2D eigenvalue weighted by Crippen LogP contribution is 2.25. The predicted octanol–water partition coefficient (Wildman–Crippen LogP) is 1.96. The number of nitrogens with two attached hydrogens (primary N) is 1. The van der Waals surface area contributed by atoms with Crippen LogP contribution in [0.1, 0.15) is 0 Å². The minimum absolute atomic E-state index is 0.00365. The quantitative estimate of drug-likeness (QED) is 0.656. The number of nitrogens with zero attached hydrogens (tertiary/aromatic N) is 3. The standard InChI is InChI=1S/C11H8F2N6/c12-6-2-1-3-7(8(6)13)16-9-5-4-15-19-10(5)18-11(14)17-9/h1-4H,(H4,14,15,16,17,18,19). The van der Waals surface area contributed by atoms with Crippen LogP contribution in [-0.4, -0.2) is 20.2 Å². The fourth-order valence-electron chi connectivity index (χ4n) is 1.68. The molecule has 96 valence electrons. The van der Waals surface area contributed by atoms with E-state index in [1.54, 1.807) is 0 Å². The van der Waals surface area contributed by atoms with E-state index in [1.807, 2.05) is 0 Å². The second kappa shape index (κ2) is 4.16. The molecule has 19 heavy (non-hydrogen) atoms. The Morgan fingerprint density at radius 3 is 2.89 bits per heavy atom. The number of H-pyrrole nitrogens is 1. The molecule has 0 aliphatic heterocycles. The van der Waals surface area contributed by atoms with Gasteiger partial charge in [0.15, 0.2) is 17.3 Å². The third kappa shape index (κ3) is 1.92. The van der Waals surface area contributed by atoms with E-state index in [-0.39, 0.29) is 17.5 Å². The van der Waals surface area contributed by atoms with E-state index in [2.05, 4.69) is 25.5 Å².